The van der Waals surface area contributed by atoms with Crippen molar-refractivity contribution in [2.24, 2.45) is 21.1 Å². The molecule has 0 unspecified atom stereocenters. The fourth-order valence-corrected chi connectivity index (χ4v) is 19.8. The van der Waals surface area contributed by atoms with Gasteiger partial charge in [-0.15, -0.1) is 0 Å². The van der Waals surface area contributed by atoms with Crippen molar-refractivity contribution in [3.63, 3.8) is 0 Å². The Labute approximate surface area is 759 Å². The average Bonchev–Trinajstić information content (AvgIpc) is 1.70. The zero-order chi connectivity index (χ0) is 90.2. The van der Waals surface area contributed by atoms with E-state index in [1.807, 2.05) is 0 Å². The van der Waals surface area contributed by atoms with Crippen LogP contribution in [0, 0.1) is 20.8 Å². The monoisotopic (exact) mass is 1860 g/mol. The molecule has 0 radical (unpaired) electrons. The van der Waals surface area contributed by atoms with E-state index < -0.39 is 45.3 Å². The third kappa shape index (κ3) is 22.4. The van der Waals surface area contributed by atoms with E-state index in [2.05, 4.69) is 149 Å². The molecule has 4 aliphatic carbocycles. The van der Waals surface area contributed by atoms with Gasteiger partial charge in [0.1, 0.15) is 32.3 Å². The van der Waals surface area contributed by atoms with Gasteiger partial charge in [-0.2, -0.15) is 30.2 Å². The van der Waals surface area contributed by atoms with E-state index in [9.17, 15) is 30.0 Å². The third-order valence-corrected chi connectivity index (χ3v) is 31.4. The van der Waals surface area contributed by atoms with Gasteiger partial charge >= 0.3 is 0 Å². The number of carbonyl (C=O) groups excluding carboxylic acids is 1. The molecule has 33 nitrogen and oxygen atoms in total. The zero-order valence-corrected chi connectivity index (χ0v) is 79.3. The third-order valence-electron chi connectivity index (χ3n) is 24.4. The molecule has 3 aromatic carbocycles. The number of aromatic nitrogens is 12. The average molecular weight is 1860 g/mol. The van der Waals surface area contributed by atoms with E-state index in [0.717, 1.165) is 150 Å². The van der Waals surface area contributed by atoms with Crippen LogP contribution in [0.25, 0.3) is 0 Å². The number of anilines is 12. The Bertz CT molecular complexity index is 5850. The van der Waals surface area contributed by atoms with E-state index in [4.69, 9.17) is 53.8 Å². The highest BCUT2D eigenvalue weighted by Crippen LogP contribution is 2.46. The number of carbonyl (C=O) groups is 1. The molecular weight excluding hydrogens is 1740 g/mol. The maximum Gasteiger partial charge on any atom is 0.236 e. The lowest BCUT2D eigenvalue weighted by molar-refractivity contribution is -0.130. The smallest absolute Gasteiger partial charge is 0.236 e. The number of likely N-dealkylation sites (tertiary alicyclic amines) is 3. The van der Waals surface area contributed by atoms with Crippen LogP contribution in [0.1, 0.15) is 183 Å². The molecule has 8 aliphatic rings. The van der Waals surface area contributed by atoms with Crippen molar-refractivity contribution in [1.29, 1.82) is 0 Å². The SMILES string of the molecule is Cc1cc(Nc2ncc(Cl)c(Nc3cn(C)nc3S(=O)(=O)C(C)C)n2)c(OC2CC2)cc1C1CCN(C2CC2)CC1.Cc1cc(Nc2ncc(Cl)c(Nc3cn(C)nc3S(=O)(=O)C(C)C)n2)c(OC2CC2)cc1C1CCN(C2COC2)CC1.Cc1cc(Nc2ncc(Cl)c(Nc3cn(C)nc3S(=O)(=O)C(C)C)n2)c(OC2CC2)cc1C1CCN(CC(=O)N(C)C)CC1. The van der Waals surface area contributed by atoms with Gasteiger partial charge in [-0.1, -0.05) is 34.8 Å². The first-order chi connectivity index (χ1) is 60.5. The number of piperidine rings is 3. The lowest BCUT2D eigenvalue weighted by Gasteiger charge is -2.41. The van der Waals surface area contributed by atoms with Gasteiger partial charge in [-0.3, -0.25) is 28.6 Å². The van der Waals surface area contributed by atoms with Crippen LogP contribution >= 0.6 is 34.8 Å². The van der Waals surface area contributed by atoms with Gasteiger partial charge in [0.05, 0.1) is 113 Å². The van der Waals surface area contributed by atoms with Crippen molar-refractivity contribution < 1.29 is 49.0 Å². The molecule has 0 atom stereocenters. The van der Waals surface area contributed by atoms with Crippen LogP contribution in [-0.2, 0) is 60.2 Å². The quantitative estimate of drug-likeness (QED) is 0.0235. The lowest BCUT2D eigenvalue weighted by atomic mass is 9.86. The van der Waals surface area contributed by atoms with E-state index >= 15 is 0 Å². The molecule has 9 aromatic rings. The molecule has 4 saturated carbocycles. The number of nitrogens with zero attached hydrogens (tertiary/aromatic N) is 16. The molecule has 0 bridgehead atoms. The fourth-order valence-electron chi connectivity index (χ4n) is 16.1. The number of amides is 1. The predicted octanol–water partition coefficient (Wildman–Crippen LogP) is 15.3. The van der Waals surface area contributed by atoms with Crippen LogP contribution in [0.15, 0.2) is 88.7 Å². The number of nitrogens with one attached hydrogen (secondary N) is 6. The van der Waals surface area contributed by atoms with Crippen molar-refractivity contribution in [2.45, 2.75) is 231 Å². The number of hydrogen-bond acceptors (Lipinski definition) is 29. The van der Waals surface area contributed by atoms with Crippen molar-refractivity contribution in [3.05, 3.63) is 122 Å². The van der Waals surface area contributed by atoms with Crippen molar-refractivity contribution >= 4 is 140 Å². The number of likely N-dealkylation sites (N-methyl/N-ethyl adjacent to an activating group) is 1. The maximum absolute atomic E-state index is 12.9. The molecule has 4 saturated heterocycles. The minimum Gasteiger partial charge on any atom is -0.488 e. The largest absolute Gasteiger partial charge is 0.488 e. The molecule has 17 rings (SSSR count). The van der Waals surface area contributed by atoms with Gasteiger partial charge < -0.3 is 60.6 Å². The summed E-state index contributed by atoms with van der Waals surface area (Å²) in [6.45, 7) is 24.5. The summed E-state index contributed by atoms with van der Waals surface area (Å²) in [5.41, 5.74) is 10.7. The summed E-state index contributed by atoms with van der Waals surface area (Å²) in [5.74, 6) is 5.54. The summed E-state index contributed by atoms with van der Waals surface area (Å²) in [7, 11) is -2.34. The Morgan fingerprint density at radius 3 is 1.00 bits per heavy atom. The van der Waals surface area contributed by atoms with Crippen LogP contribution in [0.2, 0.25) is 15.1 Å². The predicted molar refractivity (Wildman–Crippen MR) is 494 cm³/mol. The molecule has 6 N–H and O–H groups in total. The number of ether oxygens (including phenoxy) is 4. The Morgan fingerprint density at radius 1 is 0.433 bits per heavy atom. The number of sulfone groups is 3. The second kappa shape index (κ2) is 38.8. The van der Waals surface area contributed by atoms with Crippen LogP contribution < -0.4 is 46.1 Å². The summed E-state index contributed by atoms with van der Waals surface area (Å²) in [6, 6.07) is 14.2. The number of aryl methyl sites for hydroxylation is 6. The summed E-state index contributed by atoms with van der Waals surface area (Å²) < 4.78 is 106. The molecule has 6 aromatic heterocycles. The normalized spacial score (nSPS) is 17.8. The van der Waals surface area contributed by atoms with Crippen molar-refractivity contribution in [2.75, 3.05) is 105 Å². The second-order valence-corrected chi connectivity index (χ2v) is 44.2. The zero-order valence-electron chi connectivity index (χ0n) is 74.5. The summed E-state index contributed by atoms with van der Waals surface area (Å²) in [6.07, 6.45) is 25.3. The van der Waals surface area contributed by atoms with Crippen LogP contribution in [0.5, 0.6) is 17.2 Å². The number of halogens is 3. The number of rotatable bonds is 31. The number of benzene rings is 3. The fraction of sp³-hybridized carbons (Fsp3) is 0.545. The maximum atomic E-state index is 12.9. The molecule has 684 valence electrons. The topological polar surface area (TPSA) is 372 Å². The van der Waals surface area contributed by atoms with Gasteiger partial charge in [0, 0.05) is 59.9 Å². The molecular formula is C88H117Cl3N22O11S3. The molecule has 10 heterocycles. The highest BCUT2D eigenvalue weighted by Gasteiger charge is 2.38. The second-order valence-electron chi connectivity index (χ2n) is 35.7. The van der Waals surface area contributed by atoms with Crippen molar-refractivity contribution in [1.82, 2.24) is 78.8 Å². The Hall–Kier alpha value is -9.24. The first-order valence-electron chi connectivity index (χ1n) is 43.9. The standard InChI is InChI=1S/C30H41ClN8O4S.C29H38ClN7O4S.C29H38ClN7O3S/c1-18(2)44(41,42)29-25(16-38(6)36-29)33-28-23(31)15-32-30(35-28)34-24-13-19(3)22(14-26(24)43-21-7-8-21)20-9-11-39(12-10-20)17-27(40)37(4)5;1-17(2)42(38,39)28-25(14-36(4)35-28)32-27-23(30)13-31-29(34-27)33-24-11-18(3)22(12-26(24)41-21-5-6-21)19-7-9-37(10-8-19)20-15-40-16-20;1-17(2)41(38,39)28-25(16-36(4)35-28)32-27-23(30)15-31-29(34-27)33-24-13-18(3)22(14-26(24)40-21-7-8-21)19-9-11-37(12-10-19)20-5-6-20/h13-16,18,20-21H,7-12,17H2,1-6H3,(H2,32,33,34,35);11-14,17,19-21H,5-10,15-16H2,1-4H3,(H2,31,32,33,34);13-17,19-21H,5-12H2,1-4H3,(H2,31,32,33,34). The van der Waals surface area contributed by atoms with E-state index in [0.29, 0.717) is 53.6 Å². The summed E-state index contributed by atoms with van der Waals surface area (Å²) in [4.78, 5) is 48.2. The van der Waals surface area contributed by atoms with Crippen LogP contribution in [0.4, 0.5) is 69.4 Å². The van der Waals surface area contributed by atoms with Crippen LogP contribution in [-0.4, -0.2) is 229 Å². The van der Waals surface area contributed by atoms with E-state index in [1.54, 1.807) is 100 Å². The van der Waals surface area contributed by atoms with Crippen LogP contribution in [0.3, 0.4) is 0 Å². The van der Waals surface area contributed by atoms with Gasteiger partial charge in [-0.05, 0) is 279 Å². The summed E-state index contributed by atoms with van der Waals surface area (Å²) in [5, 5.41) is 30.3. The van der Waals surface area contributed by atoms with Gasteiger partial charge in [0.15, 0.2) is 17.5 Å². The highest BCUT2D eigenvalue weighted by molar-refractivity contribution is 7.92. The van der Waals surface area contributed by atoms with E-state index in [1.165, 1.54) is 99.2 Å². The Balaban J connectivity index is 0.000000147. The molecule has 0 spiro atoms. The van der Waals surface area contributed by atoms with Gasteiger partial charge in [0.2, 0.25) is 68.3 Å². The first-order valence-corrected chi connectivity index (χ1v) is 49.7. The Kier molecular flexibility index (Phi) is 28.3. The minimum atomic E-state index is -3.65. The minimum absolute atomic E-state index is 0.0477. The van der Waals surface area contributed by atoms with E-state index in [-0.39, 0.29) is 83.5 Å². The Morgan fingerprint density at radius 2 is 0.732 bits per heavy atom. The highest BCUT2D eigenvalue weighted by atomic mass is 35.5. The van der Waals surface area contributed by atoms with Gasteiger partial charge in [-0.25, -0.2) is 40.2 Å². The molecule has 127 heavy (non-hydrogen) atoms. The molecule has 1 amide bonds. The first kappa shape index (κ1) is 92.5. The number of hydrogen-bond donors (Lipinski definition) is 6. The lowest BCUT2D eigenvalue weighted by Crippen LogP contribution is -2.51. The molecule has 8 fully saturated rings. The van der Waals surface area contributed by atoms with Gasteiger partial charge in [0.25, 0.3) is 0 Å². The molecule has 39 heteroatoms. The summed E-state index contributed by atoms with van der Waals surface area (Å²) >= 11 is 19.3. The van der Waals surface area contributed by atoms with Crippen molar-refractivity contribution in [3.8, 4) is 17.2 Å². The molecule has 4 aliphatic heterocycles.